The molecule has 0 aliphatic heterocycles. The molecule has 2 aromatic carbocycles. The standard InChI is InChI=1S/C22H21N3O2S/c1-15(14-27-2)23-21(26)19-13-18-20(16-9-5-3-6-10-16)24-25(22(18)28-19)17-11-7-4-8-12-17/h3-13,15H,14H2,1-2H3,(H,23,26)/t15-/m0/s1. The van der Waals surface area contributed by atoms with Crippen molar-refractivity contribution in [1.82, 2.24) is 15.1 Å². The molecule has 0 aliphatic carbocycles. The molecule has 0 fully saturated rings. The topological polar surface area (TPSA) is 56.1 Å². The van der Waals surface area contributed by atoms with Gasteiger partial charge >= 0.3 is 0 Å². The first-order valence-electron chi connectivity index (χ1n) is 9.10. The van der Waals surface area contributed by atoms with Gasteiger partial charge in [-0.25, -0.2) is 4.68 Å². The molecular weight excluding hydrogens is 370 g/mol. The number of methoxy groups -OCH3 is 1. The Labute approximate surface area is 167 Å². The van der Waals surface area contributed by atoms with E-state index in [2.05, 4.69) is 5.32 Å². The summed E-state index contributed by atoms with van der Waals surface area (Å²) in [6.45, 7) is 2.40. The van der Waals surface area contributed by atoms with Crippen molar-refractivity contribution in [3.63, 3.8) is 0 Å². The van der Waals surface area contributed by atoms with Gasteiger partial charge in [0.05, 0.1) is 17.2 Å². The second kappa shape index (κ2) is 7.96. The fraction of sp³-hybridized carbons (Fsp3) is 0.182. The number of thiophene rings is 1. The molecule has 1 atom stereocenters. The zero-order chi connectivity index (χ0) is 19.5. The first kappa shape index (κ1) is 18.4. The van der Waals surface area contributed by atoms with Crippen LogP contribution in [0.5, 0.6) is 0 Å². The fourth-order valence-electron chi connectivity index (χ4n) is 3.16. The van der Waals surface area contributed by atoms with Crippen LogP contribution in [0, 0.1) is 0 Å². The number of rotatable bonds is 6. The maximum Gasteiger partial charge on any atom is 0.261 e. The van der Waals surface area contributed by atoms with Crippen molar-refractivity contribution in [3.05, 3.63) is 71.6 Å². The fourth-order valence-corrected chi connectivity index (χ4v) is 4.19. The van der Waals surface area contributed by atoms with Crippen molar-refractivity contribution in [2.45, 2.75) is 13.0 Å². The Hall–Kier alpha value is -2.96. The van der Waals surface area contributed by atoms with E-state index >= 15 is 0 Å². The van der Waals surface area contributed by atoms with Crippen LogP contribution >= 0.6 is 11.3 Å². The number of hydrogen-bond donors (Lipinski definition) is 1. The van der Waals surface area contributed by atoms with E-state index in [9.17, 15) is 4.79 Å². The predicted octanol–water partition coefficient (Wildman–Crippen LogP) is 4.52. The SMILES string of the molecule is COC[C@H](C)NC(=O)c1cc2c(-c3ccccc3)nn(-c3ccccc3)c2s1. The summed E-state index contributed by atoms with van der Waals surface area (Å²) >= 11 is 1.45. The van der Waals surface area contributed by atoms with E-state index in [4.69, 9.17) is 9.84 Å². The zero-order valence-electron chi connectivity index (χ0n) is 15.8. The molecule has 2 aromatic heterocycles. The van der Waals surface area contributed by atoms with E-state index < -0.39 is 0 Å². The maximum absolute atomic E-state index is 12.7. The van der Waals surface area contributed by atoms with E-state index in [0.29, 0.717) is 11.5 Å². The highest BCUT2D eigenvalue weighted by molar-refractivity contribution is 7.20. The second-order valence-corrected chi connectivity index (χ2v) is 7.65. The van der Waals surface area contributed by atoms with E-state index in [1.165, 1.54) is 11.3 Å². The number of fused-ring (bicyclic) bond motifs is 1. The Bertz CT molecular complexity index is 1020. The molecule has 4 aromatic rings. The van der Waals surface area contributed by atoms with Crippen molar-refractivity contribution in [1.29, 1.82) is 0 Å². The monoisotopic (exact) mass is 391 g/mol. The van der Waals surface area contributed by atoms with Crippen LogP contribution < -0.4 is 5.32 Å². The molecule has 0 bridgehead atoms. The molecule has 2 heterocycles. The molecule has 1 N–H and O–H groups in total. The van der Waals surface area contributed by atoms with E-state index in [0.717, 1.165) is 27.2 Å². The molecule has 5 nitrogen and oxygen atoms in total. The van der Waals surface area contributed by atoms with Crippen LogP contribution in [0.4, 0.5) is 0 Å². The van der Waals surface area contributed by atoms with E-state index in [-0.39, 0.29) is 11.9 Å². The Morgan fingerprint density at radius 2 is 1.82 bits per heavy atom. The van der Waals surface area contributed by atoms with Crippen LogP contribution in [0.3, 0.4) is 0 Å². The van der Waals surface area contributed by atoms with Gasteiger partial charge in [0.15, 0.2) is 0 Å². The van der Waals surface area contributed by atoms with Crippen molar-refractivity contribution in [2.24, 2.45) is 0 Å². The van der Waals surface area contributed by atoms with Crippen LogP contribution in [0.2, 0.25) is 0 Å². The van der Waals surface area contributed by atoms with Gasteiger partial charge in [0.1, 0.15) is 10.5 Å². The third kappa shape index (κ3) is 3.56. The lowest BCUT2D eigenvalue weighted by atomic mass is 10.1. The van der Waals surface area contributed by atoms with Crippen LogP contribution in [0.1, 0.15) is 16.6 Å². The average molecular weight is 391 g/mol. The molecule has 28 heavy (non-hydrogen) atoms. The number of benzene rings is 2. The molecule has 0 radical (unpaired) electrons. The van der Waals surface area contributed by atoms with Gasteiger partial charge in [-0.05, 0) is 25.1 Å². The Balaban J connectivity index is 1.81. The summed E-state index contributed by atoms with van der Waals surface area (Å²) in [5.41, 5.74) is 2.87. The minimum absolute atomic E-state index is 0.0538. The average Bonchev–Trinajstić information content (AvgIpc) is 3.29. The number of ether oxygens (including phenoxy) is 1. The molecule has 0 saturated carbocycles. The smallest absolute Gasteiger partial charge is 0.261 e. The molecule has 4 rings (SSSR count). The van der Waals surface area contributed by atoms with Crippen LogP contribution in [-0.2, 0) is 4.74 Å². The summed E-state index contributed by atoms with van der Waals surface area (Å²) in [5, 5.41) is 8.82. The number of para-hydroxylation sites is 1. The van der Waals surface area contributed by atoms with Gasteiger partial charge in [0.25, 0.3) is 5.91 Å². The van der Waals surface area contributed by atoms with Gasteiger partial charge in [0, 0.05) is 24.1 Å². The minimum Gasteiger partial charge on any atom is -0.383 e. The minimum atomic E-state index is -0.0932. The van der Waals surface area contributed by atoms with Gasteiger partial charge in [-0.1, -0.05) is 48.5 Å². The van der Waals surface area contributed by atoms with Gasteiger partial charge < -0.3 is 10.1 Å². The summed E-state index contributed by atoms with van der Waals surface area (Å²) in [7, 11) is 1.63. The molecule has 6 heteroatoms. The van der Waals surface area contributed by atoms with Crippen LogP contribution in [-0.4, -0.2) is 35.4 Å². The van der Waals surface area contributed by atoms with Crippen molar-refractivity contribution in [2.75, 3.05) is 13.7 Å². The zero-order valence-corrected chi connectivity index (χ0v) is 16.6. The summed E-state index contributed by atoms with van der Waals surface area (Å²) in [6.07, 6.45) is 0. The normalized spacial score (nSPS) is 12.2. The molecule has 0 saturated heterocycles. The number of hydrogen-bond acceptors (Lipinski definition) is 4. The Morgan fingerprint density at radius 3 is 2.50 bits per heavy atom. The predicted molar refractivity (Wildman–Crippen MR) is 113 cm³/mol. The summed E-state index contributed by atoms with van der Waals surface area (Å²) in [4.78, 5) is 14.3. The van der Waals surface area contributed by atoms with E-state index in [1.807, 2.05) is 78.3 Å². The number of carbonyl (C=O) groups excluding carboxylic acids is 1. The number of nitrogens with zero attached hydrogens (tertiary/aromatic N) is 2. The number of amides is 1. The lowest BCUT2D eigenvalue weighted by molar-refractivity contribution is 0.0909. The second-order valence-electron chi connectivity index (χ2n) is 6.62. The number of nitrogens with one attached hydrogen (secondary N) is 1. The van der Waals surface area contributed by atoms with Gasteiger partial charge in [-0.15, -0.1) is 11.3 Å². The highest BCUT2D eigenvalue weighted by atomic mass is 32.1. The summed E-state index contributed by atoms with van der Waals surface area (Å²) in [6, 6.07) is 21.9. The van der Waals surface area contributed by atoms with Crippen molar-refractivity contribution < 1.29 is 9.53 Å². The molecule has 0 unspecified atom stereocenters. The molecule has 0 spiro atoms. The first-order valence-corrected chi connectivity index (χ1v) is 9.92. The quantitative estimate of drug-likeness (QED) is 0.526. The van der Waals surface area contributed by atoms with Gasteiger partial charge in [-0.3, -0.25) is 4.79 Å². The molecule has 0 aliphatic rings. The lowest BCUT2D eigenvalue weighted by Gasteiger charge is -2.11. The molecule has 142 valence electrons. The first-order chi connectivity index (χ1) is 13.7. The highest BCUT2D eigenvalue weighted by Crippen LogP contribution is 2.35. The van der Waals surface area contributed by atoms with E-state index in [1.54, 1.807) is 7.11 Å². The molecule has 1 amide bonds. The third-order valence-electron chi connectivity index (χ3n) is 4.43. The lowest BCUT2D eigenvalue weighted by Crippen LogP contribution is -2.35. The van der Waals surface area contributed by atoms with Crippen LogP contribution in [0.15, 0.2) is 66.7 Å². The largest absolute Gasteiger partial charge is 0.383 e. The Morgan fingerprint density at radius 1 is 1.14 bits per heavy atom. The van der Waals surface area contributed by atoms with Gasteiger partial charge in [0.2, 0.25) is 0 Å². The molecular formula is C22H21N3O2S. The van der Waals surface area contributed by atoms with Crippen molar-refractivity contribution in [3.8, 4) is 16.9 Å². The van der Waals surface area contributed by atoms with Crippen molar-refractivity contribution >= 4 is 27.5 Å². The maximum atomic E-state index is 12.7. The number of carbonyl (C=O) groups is 1. The van der Waals surface area contributed by atoms with Crippen LogP contribution in [0.25, 0.3) is 27.2 Å². The third-order valence-corrected chi connectivity index (χ3v) is 5.54. The summed E-state index contributed by atoms with van der Waals surface area (Å²) in [5.74, 6) is -0.0932. The Kier molecular flexibility index (Phi) is 5.23. The number of aromatic nitrogens is 2. The highest BCUT2D eigenvalue weighted by Gasteiger charge is 2.20. The summed E-state index contributed by atoms with van der Waals surface area (Å²) < 4.78 is 7.03. The van der Waals surface area contributed by atoms with Gasteiger partial charge in [-0.2, -0.15) is 5.10 Å².